The van der Waals surface area contributed by atoms with E-state index in [1.54, 1.807) is 0 Å². The second-order valence-electron chi connectivity index (χ2n) is 5.85. The molecule has 0 saturated carbocycles. The van der Waals surface area contributed by atoms with Crippen LogP contribution in [0, 0.1) is 5.92 Å². The number of Topliss-reactive ketones (excluding diaryl/α,β-unsaturated/α-hetero) is 1. The van der Waals surface area contributed by atoms with E-state index in [-0.39, 0.29) is 12.0 Å². The summed E-state index contributed by atoms with van der Waals surface area (Å²) < 4.78 is 5.14. The second-order valence-corrected chi connectivity index (χ2v) is 5.85. The number of alkyl carbamates (subject to hydrolysis) is 1. The molecule has 0 unspecified atom stereocenters. The quantitative estimate of drug-likeness (QED) is 0.685. The Kier molecular flexibility index (Phi) is 8.44. The molecule has 0 heterocycles. The molecular weight excluding hydrogens is 242 g/mol. The van der Waals surface area contributed by atoms with E-state index in [1.807, 2.05) is 27.7 Å². The van der Waals surface area contributed by atoms with Crippen LogP contribution in [-0.2, 0) is 9.53 Å². The van der Waals surface area contributed by atoms with E-state index < -0.39 is 5.60 Å². The summed E-state index contributed by atoms with van der Waals surface area (Å²) in [6.07, 6.45) is 3.91. The number of hydrogen-bond acceptors (Lipinski definition) is 3. The maximum absolute atomic E-state index is 11.6. The number of ether oxygens (including phenoxy) is 1. The predicted octanol–water partition coefficient (Wildman–Crippen LogP) is 3.69. The number of hydrogen-bond donors (Lipinski definition) is 1. The van der Waals surface area contributed by atoms with Crippen LogP contribution in [-0.4, -0.2) is 24.0 Å². The summed E-state index contributed by atoms with van der Waals surface area (Å²) in [5, 5.41) is 2.73. The third-order valence-electron chi connectivity index (χ3n) is 2.94. The summed E-state index contributed by atoms with van der Waals surface area (Å²) in [5.74, 6) is 0.536. The van der Waals surface area contributed by atoms with Gasteiger partial charge in [0.05, 0.1) is 0 Å². The van der Waals surface area contributed by atoms with Crippen LogP contribution in [0.5, 0.6) is 0 Å². The molecule has 0 aromatic rings. The van der Waals surface area contributed by atoms with Crippen molar-refractivity contribution >= 4 is 11.9 Å². The van der Waals surface area contributed by atoms with E-state index in [9.17, 15) is 9.59 Å². The van der Waals surface area contributed by atoms with Gasteiger partial charge in [0.25, 0.3) is 0 Å². The molecule has 0 aromatic carbocycles. The van der Waals surface area contributed by atoms with E-state index in [2.05, 4.69) is 12.2 Å². The van der Waals surface area contributed by atoms with Gasteiger partial charge >= 0.3 is 6.09 Å². The Hall–Kier alpha value is -1.06. The smallest absolute Gasteiger partial charge is 0.407 e. The first-order valence-electron chi connectivity index (χ1n) is 7.29. The number of amides is 1. The minimum atomic E-state index is -0.453. The molecular formula is C15H29NO3. The standard InChI is InChI=1S/C15H29NO3/c1-6-12(13(17)7-2)10-8-9-11-16-14(18)19-15(3,4)5/h12H,6-11H2,1-5H3,(H,16,18)/t12-/m0/s1. The largest absolute Gasteiger partial charge is 0.444 e. The highest BCUT2D eigenvalue weighted by Gasteiger charge is 2.16. The Morgan fingerprint density at radius 1 is 1.16 bits per heavy atom. The summed E-state index contributed by atoms with van der Waals surface area (Å²) in [7, 11) is 0. The molecule has 0 bridgehead atoms. The topological polar surface area (TPSA) is 55.4 Å². The average Bonchev–Trinajstić information content (AvgIpc) is 2.30. The molecule has 0 spiro atoms. The van der Waals surface area contributed by atoms with E-state index >= 15 is 0 Å². The molecule has 0 fully saturated rings. The van der Waals surface area contributed by atoms with Crippen LogP contribution in [0.4, 0.5) is 4.79 Å². The van der Waals surface area contributed by atoms with E-state index in [0.29, 0.717) is 18.7 Å². The van der Waals surface area contributed by atoms with Crippen molar-refractivity contribution in [2.24, 2.45) is 5.92 Å². The van der Waals surface area contributed by atoms with Gasteiger partial charge in [0.2, 0.25) is 0 Å². The number of nitrogens with one attached hydrogen (secondary N) is 1. The molecule has 0 aliphatic carbocycles. The lowest BCUT2D eigenvalue weighted by molar-refractivity contribution is -0.122. The third kappa shape index (κ3) is 9.51. The van der Waals surface area contributed by atoms with Crippen molar-refractivity contribution in [1.29, 1.82) is 0 Å². The first-order valence-corrected chi connectivity index (χ1v) is 7.29. The van der Waals surface area contributed by atoms with Crippen LogP contribution in [0.1, 0.15) is 66.7 Å². The summed E-state index contributed by atoms with van der Waals surface area (Å²) in [5.41, 5.74) is -0.453. The minimum absolute atomic E-state index is 0.187. The van der Waals surface area contributed by atoms with Crippen molar-refractivity contribution < 1.29 is 14.3 Å². The lowest BCUT2D eigenvalue weighted by Crippen LogP contribution is -2.33. The maximum atomic E-state index is 11.6. The van der Waals surface area contributed by atoms with Crippen LogP contribution in [0.15, 0.2) is 0 Å². The van der Waals surface area contributed by atoms with Crippen molar-refractivity contribution in [3.63, 3.8) is 0 Å². The zero-order valence-electron chi connectivity index (χ0n) is 13.0. The Morgan fingerprint density at radius 2 is 1.79 bits per heavy atom. The molecule has 0 aromatic heterocycles. The monoisotopic (exact) mass is 271 g/mol. The Bertz CT molecular complexity index is 282. The predicted molar refractivity (Wildman–Crippen MR) is 77.2 cm³/mol. The van der Waals surface area contributed by atoms with Gasteiger partial charge in [0.1, 0.15) is 11.4 Å². The van der Waals surface area contributed by atoms with Crippen LogP contribution in [0.3, 0.4) is 0 Å². The van der Waals surface area contributed by atoms with E-state index in [1.165, 1.54) is 0 Å². The molecule has 1 atom stereocenters. The molecule has 1 N–H and O–H groups in total. The second kappa shape index (κ2) is 8.94. The van der Waals surface area contributed by atoms with Gasteiger partial charge < -0.3 is 10.1 Å². The fourth-order valence-electron chi connectivity index (χ4n) is 1.90. The van der Waals surface area contributed by atoms with Gasteiger partial charge in [-0.2, -0.15) is 0 Å². The molecule has 1 amide bonds. The number of carbonyl (C=O) groups is 2. The number of unbranched alkanes of at least 4 members (excludes halogenated alkanes) is 1. The van der Waals surface area contributed by atoms with Gasteiger partial charge in [-0.15, -0.1) is 0 Å². The molecule has 0 rings (SSSR count). The highest BCUT2D eigenvalue weighted by Crippen LogP contribution is 2.15. The average molecular weight is 271 g/mol. The summed E-state index contributed by atoms with van der Waals surface area (Å²) >= 11 is 0. The highest BCUT2D eigenvalue weighted by molar-refractivity contribution is 5.80. The number of rotatable bonds is 8. The SMILES string of the molecule is CCC(=O)[C@@H](CC)CCCCNC(=O)OC(C)(C)C. The van der Waals surface area contributed by atoms with Crippen molar-refractivity contribution in [1.82, 2.24) is 5.32 Å². The van der Waals surface area contributed by atoms with Gasteiger partial charge in [-0.05, 0) is 40.0 Å². The molecule has 112 valence electrons. The van der Waals surface area contributed by atoms with Gasteiger partial charge in [-0.25, -0.2) is 4.79 Å². The van der Waals surface area contributed by atoms with Crippen molar-refractivity contribution in [3.8, 4) is 0 Å². The minimum Gasteiger partial charge on any atom is -0.444 e. The van der Waals surface area contributed by atoms with Crippen LogP contribution in [0.25, 0.3) is 0 Å². The van der Waals surface area contributed by atoms with Crippen molar-refractivity contribution in [2.45, 2.75) is 72.3 Å². The lowest BCUT2D eigenvalue weighted by Gasteiger charge is -2.19. The first kappa shape index (κ1) is 17.9. The molecule has 4 nitrogen and oxygen atoms in total. The Balaban J connectivity index is 3.70. The zero-order chi connectivity index (χ0) is 14.9. The highest BCUT2D eigenvalue weighted by atomic mass is 16.6. The Labute approximate surface area is 117 Å². The summed E-state index contributed by atoms with van der Waals surface area (Å²) in [6, 6.07) is 0. The van der Waals surface area contributed by atoms with Crippen LogP contribution >= 0.6 is 0 Å². The lowest BCUT2D eigenvalue weighted by atomic mass is 9.93. The zero-order valence-corrected chi connectivity index (χ0v) is 13.0. The van der Waals surface area contributed by atoms with Crippen LogP contribution < -0.4 is 5.32 Å². The number of carbonyl (C=O) groups excluding carboxylic acids is 2. The molecule has 0 aliphatic rings. The fraction of sp³-hybridized carbons (Fsp3) is 0.867. The third-order valence-corrected chi connectivity index (χ3v) is 2.94. The van der Waals surface area contributed by atoms with Crippen LogP contribution in [0.2, 0.25) is 0 Å². The molecule has 0 radical (unpaired) electrons. The molecule has 0 saturated heterocycles. The normalized spacial score (nSPS) is 12.9. The molecule has 19 heavy (non-hydrogen) atoms. The van der Waals surface area contributed by atoms with Gasteiger partial charge in [-0.1, -0.05) is 20.3 Å². The van der Waals surface area contributed by atoms with E-state index in [4.69, 9.17) is 4.74 Å². The summed E-state index contributed by atoms with van der Waals surface area (Å²) in [6.45, 7) is 10.1. The van der Waals surface area contributed by atoms with Gasteiger partial charge in [0.15, 0.2) is 0 Å². The van der Waals surface area contributed by atoms with E-state index in [0.717, 1.165) is 25.7 Å². The molecule has 0 aliphatic heterocycles. The first-order chi connectivity index (χ1) is 8.80. The maximum Gasteiger partial charge on any atom is 0.407 e. The van der Waals surface area contributed by atoms with Crippen molar-refractivity contribution in [3.05, 3.63) is 0 Å². The Morgan fingerprint density at radius 3 is 2.26 bits per heavy atom. The number of ketones is 1. The molecule has 4 heteroatoms. The fourth-order valence-corrected chi connectivity index (χ4v) is 1.90. The van der Waals surface area contributed by atoms with Gasteiger partial charge in [0, 0.05) is 18.9 Å². The van der Waals surface area contributed by atoms with Gasteiger partial charge in [-0.3, -0.25) is 4.79 Å². The van der Waals surface area contributed by atoms with Crippen molar-refractivity contribution in [2.75, 3.05) is 6.54 Å². The summed E-state index contributed by atoms with van der Waals surface area (Å²) in [4.78, 5) is 23.0.